The van der Waals surface area contributed by atoms with Gasteiger partial charge < -0.3 is 10.1 Å². The molecule has 0 aliphatic heterocycles. The van der Waals surface area contributed by atoms with E-state index in [-0.39, 0.29) is 0 Å². The summed E-state index contributed by atoms with van der Waals surface area (Å²) in [5.41, 5.74) is 3.36. The number of nitrogens with zero attached hydrogens (tertiary/aromatic N) is 1. The molecule has 1 aromatic heterocycles. The van der Waals surface area contributed by atoms with Gasteiger partial charge in [0.15, 0.2) is 5.13 Å². The molecular formula is C17H18N2OS. The topological polar surface area (TPSA) is 34.1 Å². The first kappa shape index (κ1) is 13.9. The second-order valence-electron chi connectivity index (χ2n) is 4.73. The van der Waals surface area contributed by atoms with E-state index in [0.29, 0.717) is 6.61 Å². The smallest absolute Gasteiger partial charge is 0.188 e. The molecule has 0 fully saturated rings. The van der Waals surface area contributed by atoms with Crippen molar-refractivity contribution in [2.45, 2.75) is 20.3 Å². The van der Waals surface area contributed by atoms with Gasteiger partial charge in [0.05, 0.1) is 16.8 Å². The van der Waals surface area contributed by atoms with Gasteiger partial charge in [0, 0.05) is 5.69 Å². The fourth-order valence-corrected chi connectivity index (χ4v) is 3.25. The predicted molar refractivity (Wildman–Crippen MR) is 89.9 cm³/mol. The highest BCUT2D eigenvalue weighted by molar-refractivity contribution is 7.22. The number of hydrogen-bond acceptors (Lipinski definition) is 4. The lowest BCUT2D eigenvalue weighted by Crippen LogP contribution is -1.93. The summed E-state index contributed by atoms with van der Waals surface area (Å²) in [6, 6.07) is 14.3. The molecule has 4 heteroatoms. The number of aromatic nitrogens is 1. The Bertz CT molecular complexity index is 737. The van der Waals surface area contributed by atoms with Gasteiger partial charge in [-0.1, -0.05) is 36.5 Å². The number of thiazole rings is 1. The third-order valence-electron chi connectivity index (χ3n) is 3.26. The van der Waals surface area contributed by atoms with Crippen LogP contribution in [0.2, 0.25) is 0 Å². The van der Waals surface area contributed by atoms with Crippen molar-refractivity contribution < 1.29 is 4.74 Å². The summed E-state index contributed by atoms with van der Waals surface area (Å²) in [5.74, 6) is 0.928. The summed E-state index contributed by atoms with van der Waals surface area (Å²) < 4.78 is 6.81. The van der Waals surface area contributed by atoms with E-state index in [1.165, 1.54) is 5.56 Å². The molecule has 2 aromatic carbocycles. The minimum atomic E-state index is 0.683. The van der Waals surface area contributed by atoms with Crippen molar-refractivity contribution >= 4 is 32.4 Å². The molecule has 0 saturated carbocycles. The number of aryl methyl sites for hydroxylation is 1. The lowest BCUT2D eigenvalue weighted by Gasteiger charge is -2.05. The van der Waals surface area contributed by atoms with Crippen molar-refractivity contribution in [1.82, 2.24) is 4.98 Å². The van der Waals surface area contributed by atoms with E-state index < -0.39 is 0 Å². The molecule has 0 aliphatic rings. The average molecular weight is 298 g/mol. The van der Waals surface area contributed by atoms with Gasteiger partial charge in [-0.2, -0.15) is 0 Å². The van der Waals surface area contributed by atoms with Crippen molar-refractivity contribution in [2.75, 3.05) is 11.9 Å². The molecule has 0 unspecified atom stereocenters. The highest BCUT2D eigenvalue weighted by atomic mass is 32.1. The number of fused-ring (bicyclic) bond motifs is 1. The Labute approximate surface area is 128 Å². The lowest BCUT2D eigenvalue weighted by atomic mass is 10.1. The van der Waals surface area contributed by atoms with Gasteiger partial charge in [0.1, 0.15) is 5.75 Å². The molecule has 0 amide bonds. The third kappa shape index (κ3) is 3.00. The normalized spacial score (nSPS) is 10.8. The van der Waals surface area contributed by atoms with Crippen LogP contribution >= 0.6 is 11.3 Å². The summed E-state index contributed by atoms with van der Waals surface area (Å²) >= 11 is 1.66. The number of nitrogens with one attached hydrogen (secondary N) is 1. The van der Waals surface area contributed by atoms with E-state index in [4.69, 9.17) is 9.72 Å². The number of hydrogen-bond donors (Lipinski definition) is 1. The quantitative estimate of drug-likeness (QED) is 0.719. The number of benzene rings is 2. The van der Waals surface area contributed by atoms with E-state index in [9.17, 15) is 0 Å². The number of para-hydroxylation sites is 1. The van der Waals surface area contributed by atoms with Gasteiger partial charge in [-0.25, -0.2) is 4.98 Å². The largest absolute Gasteiger partial charge is 0.494 e. The summed E-state index contributed by atoms with van der Waals surface area (Å²) in [6.07, 6.45) is 0.950. The molecule has 0 atom stereocenters. The Morgan fingerprint density at radius 3 is 2.67 bits per heavy atom. The highest BCUT2D eigenvalue weighted by Crippen LogP contribution is 2.33. The van der Waals surface area contributed by atoms with Crippen LogP contribution in [-0.2, 0) is 6.42 Å². The summed E-state index contributed by atoms with van der Waals surface area (Å²) in [5, 5.41) is 4.28. The minimum Gasteiger partial charge on any atom is -0.494 e. The van der Waals surface area contributed by atoms with Crippen LogP contribution in [0.4, 0.5) is 10.8 Å². The summed E-state index contributed by atoms with van der Waals surface area (Å²) in [6.45, 7) is 4.83. The Kier molecular flexibility index (Phi) is 4.06. The van der Waals surface area contributed by atoms with Crippen LogP contribution in [0.25, 0.3) is 10.2 Å². The van der Waals surface area contributed by atoms with E-state index in [2.05, 4.69) is 24.4 Å². The molecule has 0 radical (unpaired) electrons. The zero-order valence-electron chi connectivity index (χ0n) is 12.2. The van der Waals surface area contributed by atoms with Crippen LogP contribution in [0.3, 0.4) is 0 Å². The zero-order chi connectivity index (χ0) is 14.7. The zero-order valence-corrected chi connectivity index (χ0v) is 13.0. The number of rotatable bonds is 5. The molecule has 0 saturated heterocycles. The van der Waals surface area contributed by atoms with Crippen LogP contribution in [0, 0.1) is 0 Å². The van der Waals surface area contributed by atoms with Gasteiger partial charge in [0.2, 0.25) is 0 Å². The van der Waals surface area contributed by atoms with Crippen molar-refractivity contribution in [2.24, 2.45) is 0 Å². The molecule has 21 heavy (non-hydrogen) atoms. The van der Waals surface area contributed by atoms with Crippen molar-refractivity contribution in [3.05, 3.63) is 48.0 Å². The Hall–Kier alpha value is -2.07. The standard InChI is InChI=1S/C17H18N2OS/c1-3-12-10-14(20-4-2)11-15-16(12)19-17(21-15)18-13-8-6-5-7-9-13/h5-11H,3-4H2,1-2H3,(H,18,19). The molecule has 3 aromatic rings. The van der Waals surface area contributed by atoms with Crippen LogP contribution < -0.4 is 10.1 Å². The molecule has 3 nitrogen and oxygen atoms in total. The van der Waals surface area contributed by atoms with Crippen molar-refractivity contribution in [3.8, 4) is 5.75 Å². The van der Waals surface area contributed by atoms with Gasteiger partial charge in [-0.05, 0) is 43.2 Å². The fourth-order valence-electron chi connectivity index (χ4n) is 2.29. The molecule has 0 spiro atoms. The third-order valence-corrected chi connectivity index (χ3v) is 4.18. The van der Waals surface area contributed by atoms with Crippen LogP contribution in [0.15, 0.2) is 42.5 Å². The maximum absolute atomic E-state index is 5.64. The molecule has 1 N–H and O–H groups in total. The molecule has 108 valence electrons. The van der Waals surface area contributed by atoms with Gasteiger partial charge in [-0.3, -0.25) is 0 Å². The first-order valence-corrected chi connectivity index (χ1v) is 8.00. The fraction of sp³-hybridized carbons (Fsp3) is 0.235. The molecular weight excluding hydrogens is 280 g/mol. The molecule has 0 bridgehead atoms. The van der Waals surface area contributed by atoms with Crippen LogP contribution in [0.5, 0.6) is 5.75 Å². The van der Waals surface area contributed by atoms with Crippen molar-refractivity contribution in [1.29, 1.82) is 0 Å². The van der Waals surface area contributed by atoms with E-state index in [1.54, 1.807) is 11.3 Å². The van der Waals surface area contributed by atoms with Crippen LogP contribution in [-0.4, -0.2) is 11.6 Å². The van der Waals surface area contributed by atoms with E-state index in [1.807, 2.05) is 37.3 Å². The first-order valence-electron chi connectivity index (χ1n) is 7.18. The molecule has 3 rings (SSSR count). The molecule has 0 aliphatic carbocycles. The van der Waals surface area contributed by atoms with Gasteiger partial charge >= 0.3 is 0 Å². The number of anilines is 2. The summed E-state index contributed by atoms with van der Waals surface area (Å²) in [4.78, 5) is 4.73. The van der Waals surface area contributed by atoms with E-state index >= 15 is 0 Å². The number of ether oxygens (including phenoxy) is 1. The van der Waals surface area contributed by atoms with Crippen LogP contribution in [0.1, 0.15) is 19.4 Å². The van der Waals surface area contributed by atoms with Gasteiger partial charge in [-0.15, -0.1) is 0 Å². The van der Waals surface area contributed by atoms with Crippen molar-refractivity contribution in [3.63, 3.8) is 0 Å². The highest BCUT2D eigenvalue weighted by Gasteiger charge is 2.10. The average Bonchev–Trinajstić information content (AvgIpc) is 2.90. The SMILES string of the molecule is CCOc1cc(CC)c2nc(Nc3ccccc3)sc2c1. The first-order chi connectivity index (χ1) is 10.3. The van der Waals surface area contributed by atoms with Gasteiger partial charge in [0.25, 0.3) is 0 Å². The molecule has 1 heterocycles. The predicted octanol–water partition coefficient (Wildman–Crippen LogP) is 5.00. The van der Waals surface area contributed by atoms with E-state index in [0.717, 1.165) is 33.2 Å². The minimum absolute atomic E-state index is 0.683. The second-order valence-corrected chi connectivity index (χ2v) is 5.76. The second kappa shape index (κ2) is 6.14. The summed E-state index contributed by atoms with van der Waals surface area (Å²) in [7, 11) is 0. The monoisotopic (exact) mass is 298 g/mol. The maximum Gasteiger partial charge on any atom is 0.188 e. The Morgan fingerprint density at radius 2 is 1.95 bits per heavy atom. The Balaban J connectivity index is 1.98. The lowest BCUT2D eigenvalue weighted by molar-refractivity contribution is 0.340. The Morgan fingerprint density at radius 1 is 1.14 bits per heavy atom. The maximum atomic E-state index is 5.64.